The summed E-state index contributed by atoms with van der Waals surface area (Å²) < 4.78 is 5.43. The number of hydrogen-bond acceptors (Lipinski definition) is 3. The van der Waals surface area contributed by atoms with Gasteiger partial charge >= 0.3 is 0 Å². The molecule has 0 spiro atoms. The average molecular weight is 328 g/mol. The maximum atomic E-state index is 13.3. The summed E-state index contributed by atoms with van der Waals surface area (Å²) >= 11 is 0. The molecule has 3 fully saturated rings. The Kier molecular flexibility index (Phi) is 4.59. The molecule has 4 heteroatoms. The Morgan fingerprint density at radius 2 is 1.88 bits per heavy atom. The summed E-state index contributed by atoms with van der Waals surface area (Å²) in [5.74, 6) is 1.00. The minimum Gasteiger partial charge on any atom is -0.379 e. The quantitative estimate of drug-likeness (QED) is 0.850. The summed E-state index contributed by atoms with van der Waals surface area (Å²) in [4.78, 5) is 17.9. The molecule has 1 atom stereocenters. The summed E-state index contributed by atoms with van der Waals surface area (Å²) in [6.45, 7) is 6.77. The van der Waals surface area contributed by atoms with E-state index in [0.717, 1.165) is 65.2 Å². The highest BCUT2D eigenvalue weighted by Gasteiger charge is 2.48. The molecule has 0 radical (unpaired) electrons. The molecule has 0 unspecified atom stereocenters. The lowest BCUT2D eigenvalue weighted by Crippen LogP contribution is -2.50. The fourth-order valence-electron chi connectivity index (χ4n) is 4.53. The summed E-state index contributed by atoms with van der Waals surface area (Å²) in [7, 11) is 0. The predicted octanol–water partition coefficient (Wildman–Crippen LogP) is 2.29. The van der Waals surface area contributed by atoms with E-state index in [1.165, 1.54) is 12.0 Å². The SMILES string of the molecule is O=C(N1CC[C@H](CN2CCOCC2)C1)C1(c2ccccc2)CCC1. The minimum absolute atomic E-state index is 0.227. The van der Waals surface area contributed by atoms with Crippen LogP contribution < -0.4 is 0 Å². The van der Waals surface area contributed by atoms with Crippen molar-refractivity contribution in [3.8, 4) is 0 Å². The van der Waals surface area contributed by atoms with E-state index in [9.17, 15) is 4.79 Å². The van der Waals surface area contributed by atoms with Crippen LogP contribution in [0.2, 0.25) is 0 Å². The molecule has 0 N–H and O–H groups in total. The molecular formula is C20H28N2O2. The number of rotatable bonds is 4. The summed E-state index contributed by atoms with van der Waals surface area (Å²) in [5, 5.41) is 0. The molecule has 4 nitrogen and oxygen atoms in total. The van der Waals surface area contributed by atoms with Gasteiger partial charge in [-0.3, -0.25) is 9.69 Å². The van der Waals surface area contributed by atoms with Gasteiger partial charge in [-0.25, -0.2) is 0 Å². The van der Waals surface area contributed by atoms with Crippen molar-refractivity contribution in [2.45, 2.75) is 31.1 Å². The molecule has 1 aliphatic carbocycles. The first-order valence-corrected chi connectivity index (χ1v) is 9.43. The van der Waals surface area contributed by atoms with Crippen LogP contribution in [-0.4, -0.2) is 61.6 Å². The van der Waals surface area contributed by atoms with Crippen molar-refractivity contribution in [3.63, 3.8) is 0 Å². The number of benzene rings is 1. The molecule has 1 aromatic carbocycles. The van der Waals surface area contributed by atoms with Crippen LogP contribution in [0.1, 0.15) is 31.2 Å². The van der Waals surface area contributed by atoms with Crippen molar-refractivity contribution in [1.82, 2.24) is 9.80 Å². The van der Waals surface area contributed by atoms with E-state index in [1.54, 1.807) is 0 Å². The van der Waals surface area contributed by atoms with Crippen molar-refractivity contribution in [1.29, 1.82) is 0 Å². The van der Waals surface area contributed by atoms with Gasteiger partial charge in [0.25, 0.3) is 0 Å². The van der Waals surface area contributed by atoms with E-state index >= 15 is 0 Å². The van der Waals surface area contributed by atoms with E-state index in [2.05, 4.69) is 34.1 Å². The van der Waals surface area contributed by atoms with Crippen LogP contribution in [0.25, 0.3) is 0 Å². The number of ether oxygens (including phenoxy) is 1. The van der Waals surface area contributed by atoms with Crippen LogP contribution in [0.3, 0.4) is 0 Å². The smallest absolute Gasteiger partial charge is 0.233 e. The third-order valence-electron chi connectivity index (χ3n) is 6.14. The van der Waals surface area contributed by atoms with Gasteiger partial charge in [0.05, 0.1) is 18.6 Å². The molecule has 2 saturated heterocycles. The first-order valence-electron chi connectivity index (χ1n) is 9.43. The molecule has 4 rings (SSSR count). The maximum Gasteiger partial charge on any atom is 0.233 e. The molecule has 2 aliphatic heterocycles. The van der Waals surface area contributed by atoms with Crippen molar-refractivity contribution >= 4 is 5.91 Å². The fraction of sp³-hybridized carbons (Fsp3) is 0.650. The zero-order valence-corrected chi connectivity index (χ0v) is 14.5. The fourth-order valence-corrected chi connectivity index (χ4v) is 4.53. The maximum absolute atomic E-state index is 13.3. The van der Waals surface area contributed by atoms with Gasteiger partial charge in [0.1, 0.15) is 0 Å². The summed E-state index contributed by atoms with van der Waals surface area (Å²) in [6.07, 6.45) is 4.35. The van der Waals surface area contributed by atoms with Crippen molar-refractivity contribution in [2.24, 2.45) is 5.92 Å². The van der Waals surface area contributed by atoms with Gasteiger partial charge in [-0.05, 0) is 30.7 Å². The minimum atomic E-state index is -0.227. The Bertz CT molecular complexity index is 564. The first kappa shape index (κ1) is 16.1. The summed E-state index contributed by atoms with van der Waals surface area (Å²) in [5.41, 5.74) is 0.993. The highest BCUT2D eigenvalue weighted by Crippen LogP contribution is 2.45. The van der Waals surface area contributed by atoms with Gasteiger partial charge < -0.3 is 9.64 Å². The monoisotopic (exact) mass is 328 g/mol. The zero-order chi connectivity index (χ0) is 16.4. The normalized spacial score (nSPS) is 27.0. The number of hydrogen-bond donors (Lipinski definition) is 0. The number of amides is 1. The molecule has 2 heterocycles. The first-order chi connectivity index (χ1) is 11.8. The number of nitrogens with zero attached hydrogens (tertiary/aromatic N) is 2. The van der Waals surface area contributed by atoms with E-state index in [1.807, 2.05) is 6.07 Å². The Morgan fingerprint density at radius 1 is 1.12 bits per heavy atom. The molecule has 24 heavy (non-hydrogen) atoms. The molecule has 1 aromatic rings. The lowest BCUT2D eigenvalue weighted by atomic mass is 9.63. The molecule has 1 amide bonds. The highest BCUT2D eigenvalue weighted by atomic mass is 16.5. The van der Waals surface area contributed by atoms with E-state index in [0.29, 0.717) is 11.8 Å². The standard InChI is InChI=1S/C20H28N2O2/c23-19(20(8-4-9-20)18-5-2-1-3-6-18)22-10-7-17(16-22)15-21-11-13-24-14-12-21/h1-3,5-6,17H,4,7-16H2/t17-/m1/s1. The number of carbonyl (C=O) groups excluding carboxylic acids is 1. The van der Waals surface area contributed by atoms with Gasteiger partial charge in [-0.15, -0.1) is 0 Å². The van der Waals surface area contributed by atoms with Crippen LogP contribution in [0.5, 0.6) is 0 Å². The van der Waals surface area contributed by atoms with Gasteiger partial charge in [0, 0.05) is 32.7 Å². The number of morpholine rings is 1. The molecule has 3 aliphatic rings. The van der Waals surface area contributed by atoms with Gasteiger partial charge in [-0.2, -0.15) is 0 Å². The van der Waals surface area contributed by atoms with Crippen LogP contribution in [0, 0.1) is 5.92 Å². The highest BCUT2D eigenvalue weighted by molar-refractivity contribution is 5.89. The van der Waals surface area contributed by atoms with Crippen LogP contribution >= 0.6 is 0 Å². The molecule has 1 saturated carbocycles. The second-order valence-corrected chi connectivity index (χ2v) is 7.62. The van der Waals surface area contributed by atoms with E-state index in [-0.39, 0.29) is 5.41 Å². The molecule has 0 aromatic heterocycles. The van der Waals surface area contributed by atoms with Crippen LogP contribution in [0.15, 0.2) is 30.3 Å². The molecular weight excluding hydrogens is 300 g/mol. The van der Waals surface area contributed by atoms with Gasteiger partial charge in [0.15, 0.2) is 0 Å². The summed E-state index contributed by atoms with van der Waals surface area (Å²) in [6, 6.07) is 10.4. The largest absolute Gasteiger partial charge is 0.379 e. The van der Waals surface area contributed by atoms with Crippen LogP contribution in [-0.2, 0) is 14.9 Å². The Labute approximate surface area is 144 Å². The Morgan fingerprint density at radius 3 is 2.54 bits per heavy atom. The predicted molar refractivity (Wildman–Crippen MR) is 93.9 cm³/mol. The third-order valence-corrected chi connectivity index (χ3v) is 6.14. The Balaban J connectivity index is 1.40. The van der Waals surface area contributed by atoms with E-state index in [4.69, 9.17) is 4.74 Å². The van der Waals surface area contributed by atoms with E-state index < -0.39 is 0 Å². The molecule has 0 bridgehead atoms. The second kappa shape index (κ2) is 6.85. The zero-order valence-electron chi connectivity index (χ0n) is 14.5. The lowest BCUT2D eigenvalue weighted by molar-refractivity contribution is -0.140. The average Bonchev–Trinajstić information content (AvgIpc) is 3.04. The lowest BCUT2D eigenvalue weighted by Gasteiger charge is -2.43. The number of carbonyl (C=O) groups is 1. The molecule has 130 valence electrons. The van der Waals surface area contributed by atoms with Crippen molar-refractivity contribution in [2.75, 3.05) is 45.9 Å². The van der Waals surface area contributed by atoms with Crippen LogP contribution in [0.4, 0.5) is 0 Å². The Hall–Kier alpha value is -1.39. The van der Waals surface area contributed by atoms with Gasteiger partial charge in [0.2, 0.25) is 5.91 Å². The van der Waals surface area contributed by atoms with Gasteiger partial charge in [-0.1, -0.05) is 36.8 Å². The van der Waals surface area contributed by atoms with Crippen molar-refractivity contribution < 1.29 is 9.53 Å². The topological polar surface area (TPSA) is 32.8 Å². The third kappa shape index (κ3) is 2.98. The van der Waals surface area contributed by atoms with Crippen molar-refractivity contribution in [3.05, 3.63) is 35.9 Å². The number of likely N-dealkylation sites (tertiary alicyclic amines) is 1. The second-order valence-electron chi connectivity index (χ2n) is 7.62.